The third-order valence-electron chi connectivity index (χ3n) is 4.85. The van der Waals surface area contributed by atoms with Gasteiger partial charge in [-0.05, 0) is 26.3 Å². The van der Waals surface area contributed by atoms with Crippen LogP contribution in [-0.4, -0.2) is 77.1 Å². The number of carbonyl (C=O) groups is 2. The Bertz CT molecular complexity index is 393. The molecule has 6 nitrogen and oxygen atoms in total. The van der Waals surface area contributed by atoms with Crippen molar-refractivity contribution >= 4 is 12.0 Å². The molecule has 1 N–H and O–H groups in total. The van der Waals surface area contributed by atoms with Gasteiger partial charge in [0.2, 0.25) is 0 Å². The van der Waals surface area contributed by atoms with Gasteiger partial charge in [0.1, 0.15) is 0 Å². The summed E-state index contributed by atoms with van der Waals surface area (Å²) in [6.45, 7) is 3.31. The summed E-state index contributed by atoms with van der Waals surface area (Å²) in [4.78, 5) is 29.8. The average Bonchev–Trinajstić information content (AvgIpc) is 2.96. The van der Waals surface area contributed by atoms with E-state index in [0.29, 0.717) is 6.42 Å². The molecule has 0 saturated carbocycles. The van der Waals surface area contributed by atoms with Crippen molar-refractivity contribution in [2.24, 2.45) is 5.92 Å². The molecule has 3 fully saturated rings. The number of rotatable bonds is 1. The number of piperazine rings is 1. The number of nitrogens with zero attached hydrogens (tertiary/aromatic N) is 3. The van der Waals surface area contributed by atoms with E-state index >= 15 is 0 Å². The molecule has 2 bridgehead atoms. The van der Waals surface area contributed by atoms with Gasteiger partial charge in [-0.1, -0.05) is 0 Å². The minimum atomic E-state index is -0.747. The van der Waals surface area contributed by atoms with E-state index in [1.807, 2.05) is 9.80 Å². The zero-order valence-electron chi connectivity index (χ0n) is 11.3. The Morgan fingerprint density at radius 3 is 2.37 bits per heavy atom. The Balaban J connectivity index is 1.69. The highest BCUT2D eigenvalue weighted by atomic mass is 16.4. The minimum absolute atomic E-state index is 0.0596. The van der Waals surface area contributed by atoms with E-state index in [2.05, 4.69) is 11.9 Å². The highest BCUT2D eigenvalue weighted by Gasteiger charge is 2.52. The number of urea groups is 1. The van der Waals surface area contributed by atoms with Gasteiger partial charge in [0, 0.05) is 38.3 Å². The summed E-state index contributed by atoms with van der Waals surface area (Å²) in [5, 5.41) is 9.22. The summed E-state index contributed by atoms with van der Waals surface area (Å²) in [7, 11) is 2.06. The van der Waals surface area contributed by atoms with Gasteiger partial charge < -0.3 is 19.8 Å². The largest absolute Gasteiger partial charge is 0.481 e. The van der Waals surface area contributed by atoms with Gasteiger partial charge in [0.25, 0.3) is 0 Å². The maximum atomic E-state index is 12.6. The minimum Gasteiger partial charge on any atom is -0.481 e. The van der Waals surface area contributed by atoms with Crippen LogP contribution in [0.5, 0.6) is 0 Å². The number of aliphatic carboxylic acids is 1. The molecule has 0 aromatic carbocycles. The first kappa shape index (κ1) is 12.7. The average molecular weight is 267 g/mol. The molecule has 3 aliphatic rings. The fourth-order valence-corrected chi connectivity index (χ4v) is 3.71. The normalized spacial score (nSPS) is 34.9. The van der Waals surface area contributed by atoms with E-state index in [-0.39, 0.29) is 24.0 Å². The van der Waals surface area contributed by atoms with Gasteiger partial charge in [-0.25, -0.2) is 4.79 Å². The van der Waals surface area contributed by atoms with Crippen LogP contribution in [0.1, 0.15) is 19.3 Å². The standard InChI is InChI=1S/C13H21N3O3/c1-14-4-6-15(7-5-14)13(19)16-9-2-3-11(16)10(8-9)12(17)18/h9-11H,2-8H2,1H3,(H,17,18). The van der Waals surface area contributed by atoms with E-state index in [1.54, 1.807) is 0 Å². The lowest BCUT2D eigenvalue weighted by Gasteiger charge is -2.36. The lowest BCUT2D eigenvalue weighted by Crippen LogP contribution is -2.53. The summed E-state index contributed by atoms with van der Waals surface area (Å²) in [6, 6.07) is 0.136. The van der Waals surface area contributed by atoms with Crippen molar-refractivity contribution in [2.75, 3.05) is 33.2 Å². The maximum Gasteiger partial charge on any atom is 0.320 e. The topological polar surface area (TPSA) is 64.1 Å². The fraction of sp³-hybridized carbons (Fsp3) is 0.846. The molecule has 0 radical (unpaired) electrons. The van der Waals surface area contributed by atoms with Gasteiger partial charge in [0.15, 0.2) is 0 Å². The zero-order chi connectivity index (χ0) is 13.6. The van der Waals surface area contributed by atoms with Crippen LogP contribution in [0.4, 0.5) is 4.79 Å². The number of carboxylic acid groups (broad SMARTS) is 1. The Morgan fingerprint density at radius 1 is 1.11 bits per heavy atom. The van der Waals surface area contributed by atoms with Crippen LogP contribution in [0.3, 0.4) is 0 Å². The second-order valence-corrected chi connectivity index (χ2v) is 5.96. The molecule has 3 rings (SSSR count). The number of amides is 2. The summed E-state index contributed by atoms with van der Waals surface area (Å²) in [5.41, 5.74) is 0. The molecule has 6 heteroatoms. The van der Waals surface area contributed by atoms with Gasteiger partial charge >= 0.3 is 12.0 Å². The van der Waals surface area contributed by atoms with Crippen LogP contribution in [0.2, 0.25) is 0 Å². The molecule has 0 spiro atoms. The van der Waals surface area contributed by atoms with Gasteiger partial charge in [-0.3, -0.25) is 4.79 Å². The number of fused-ring (bicyclic) bond motifs is 2. The zero-order valence-corrected chi connectivity index (χ0v) is 11.3. The molecular formula is C13H21N3O3. The summed E-state index contributed by atoms with van der Waals surface area (Å²) in [6.07, 6.45) is 2.45. The predicted octanol–water partition coefficient (Wildman–Crippen LogP) is 0.291. The van der Waals surface area contributed by atoms with Crippen molar-refractivity contribution in [1.29, 1.82) is 0 Å². The number of carbonyl (C=O) groups excluding carboxylic acids is 1. The Hall–Kier alpha value is -1.30. The van der Waals surface area contributed by atoms with E-state index in [0.717, 1.165) is 39.0 Å². The number of hydrogen-bond acceptors (Lipinski definition) is 3. The van der Waals surface area contributed by atoms with Crippen LogP contribution in [0.15, 0.2) is 0 Å². The molecule has 106 valence electrons. The van der Waals surface area contributed by atoms with Crippen molar-refractivity contribution in [2.45, 2.75) is 31.3 Å². The summed E-state index contributed by atoms with van der Waals surface area (Å²) < 4.78 is 0. The molecule has 0 aliphatic carbocycles. The van der Waals surface area contributed by atoms with Crippen molar-refractivity contribution in [3.05, 3.63) is 0 Å². The summed E-state index contributed by atoms with van der Waals surface area (Å²) >= 11 is 0. The molecule has 0 aromatic rings. The Kier molecular flexibility index (Phi) is 3.12. The van der Waals surface area contributed by atoms with E-state index in [4.69, 9.17) is 0 Å². The van der Waals surface area contributed by atoms with Gasteiger partial charge in [-0.2, -0.15) is 0 Å². The first-order chi connectivity index (χ1) is 9.08. The number of likely N-dealkylation sites (N-methyl/N-ethyl adjacent to an activating group) is 1. The smallest absolute Gasteiger partial charge is 0.320 e. The molecule has 2 amide bonds. The predicted molar refractivity (Wildman–Crippen MR) is 68.9 cm³/mol. The summed E-state index contributed by atoms with van der Waals surface area (Å²) in [5.74, 6) is -1.10. The second-order valence-electron chi connectivity index (χ2n) is 5.96. The van der Waals surface area contributed by atoms with Crippen molar-refractivity contribution in [3.8, 4) is 0 Å². The fourth-order valence-electron chi connectivity index (χ4n) is 3.71. The highest BCUT2D eigenvalue weighted by Crippen LogP contribution is 2.42. The van der Waals surface area contributed by atoms with E-state index < -0.39 is 5.97 Å². The van der Waals surface area contributed by atoms with Gasteiger partial charge in [0.05, 0.1) is 5.92 Å². The second kappa shape index (κ2) is 4.67. The van der Waals surface area contributed by atoms with E-state index in [1.165, 1.54) is 0 Å². The first-order valence-corrected chi connectivity index (χ1v) is 7.06. The molecule has 0 aromatic heterocycles. The van der Waals surface area contributed by atoms with Crippen molar-refractivity contribution in [3.63, 3.8) is 0 Å². The molecule has 3 unspecified atom stereocenters. The quantitative estimate of drug-likeness (QED) is 0.742. The third-order valence-corrected chi connectivity index (χ3v) is 4.85. The van der Waals surface area contributed by atoms with Crippen LogP contribution >= 0.6 is 0 Å². The van der Waals surface area contributed by atoms with Crippen LogP contribution in [0, 0.1) is 5.92 Å². The van der Waals surface area contributed by atoms with Gasteiger partial charge in [-0.15, -0.1) is 0 Å². The molecule has 3 saturated heterocycles. The monoisotopic (exact) mass is 267 g/mol. The Labute approximate surface area is 112 Å². The van der Waals surface area contributed by atoms with Crippen LogP contribution < -0.4 is 0 Å². The molecule has 3 heterocycles. The van der Waals surface area contributed by atoms with Crippen LogP contribution in [-0.2, 0) is 4.79 Å². The molecule has 3 atom stereocenters. The molecule has 3 aliphatic heterocycles. The lowest BCUT2D eigenvalue weighted by molar-refractivity contribution is -0.142. The first-order valence-electron chi connectivity index (χ1n) is 7.06. The number of hydrogen-bond donors (Lipinski definition) is 1. The maximum absolute atomic E-state index is 12.6. The van der Waals surface area contributed by atoms with E-state index in [9.17, 15) is 14.7 Å². The highest BCUT2D eigenvalue weighted by molar-refractivity contribution is 5.79. The van der Waals surface area contributed by atoms with Crippen LogP contribution in [0.25, 0.3) is 0 Å². The molecular weight excluding hydrogens is 246 g/mol. The van der Waals surface area contributed by atoms with Crippen molar-refractivity contribution < 1.29 is 14.7 Å². The lowest BCUT2D eigenvalue weighted by atomic mass is 9.89. The van der Waals surface area contributed by atoms with Crippen molar-refractivity contribution in [1.82, 2.24) is 14.7 Å². The number of carboxylic acids is 1. The molecule has 19 heavy (non-hydrogen) atoms. The SMILES string of the molecule is CN1CCN(C(=O)N2C3CCC2C(C(=O)O)C3)CC1. The third kappa shape index (κ3) is 2.08. The Morgan fingerprint density at radius 2 is 1.79 bits per heavy atom.